The van der Waals surface area contributed by atoms with E-state index >= 15 is 0 Å². The SMILES string of the molecule is COc1ccc(Nc2nc(-c3cccnc3)nc3ccccc23)cc1S(N)(=O)=O. The van der Waals surface area contributed by atoms with Crippen molar-refractivity contribution >= 4 is 32.4 Å². The Bertz CT molecular complexity index is 1290. The van der Waals surface area contributed by atoms with Crippen molar-refractivity contribution in [1.82, 2.24) is 15.0 Å². The summed E-state index contributed by atoms with van der Waals surface area (Å²) in [6, 6.07) is 15.8. The molecule has 0 amide bonds. The number of rotatable bonds is 5. The molecule has 4 rings (SSSR count). The molecule has 9 heteroatoms. The molecule has 0 bridgehead atoms. The molecule has 0 aliphatic carbocycles. The average Bonchev–Trinajstić information content (AvgIpc) is 2.73. The van der Waals surface area contributed by atoms with E-state index in [4.69, 9.17) is 9.88 Å². The monoisotopic (exact) mass is 407 g/mol. The summed E-state index contributed by atoms with van der Waals surface area (Å²) in [6.07, 6.45) is 3.36. The van der Waals surface area contributed by atoms with Gasteiger partial charge in [0.25, 0.3) is 0 Å². The normalized spacial score (nSPS) is 11.4. The number of anilines is 2. The number of methoxy groups -OCH3 is 1. The molecule has 0 unspecified atom stereocenters. The molecule has 2 aromatic heterocycles. The first-order chi connectivity index (χ1) is 14.0. The number of aromatic nitrogens is 3. The Kier molecular flexibility index (Phi) is 4.83. The third-order valence-electron chi connectivity index (χ3n) is 4.26. The highest BCUT2D eigenvalue weighted by Gasteiger charge is 2.17. The number of benzene rings is 2. The first-order valence-electron chi connectivity index (χ1n) is 8.61. The van der Waals surface area contributed by atoms with Gasteiger partial charge in [0.1, 0.15) is 16.5 Å². The molecule has 0 saturated carbocycles. The smallest absolute Gasteiger partial charge is 0.241 e. The lowest BCUT2D eigenvalue weighted by molar-refractivity contribution is 0.403. The summed E-state index contributed by atoms with van der Waals surface area (Å²) < 4.78 is 28.9. The standard InChI is InChI=1S/C20H17N5O3S/c1-28-17-9-8-14(11-18(17)29(21,26)27)23-20-15-6-2-3-7-16(15)24-19(25-20)13-5-4-10-22-12-13/h2-12H,1H3,(H2,21,26,27)(H,23,24,25). The number of nitrogens with one attached hydrogen (secondary N) is 1. The summed E-state index contributed by atoms with van der Waals surface area (Å²) >= 11 is 0. The van der Waals surface area contributed by atoms with Crippen molar-refractivity contribution in [1.29, 1.82) is 0 Å². The maximum absolute atomic E-state index is 11.9. The van der Waals surface area contributed by atoms with Gasteiger partial charge in [0, 0.05) is 29.0 Å². The Morgan fingerprint density at radius 3 is 2.59 bits per heavy atom. The third-order valence-corrected chi connectivity index (χ3v) is 5.19. The second kappa shape index (κ2) is 7.46. The molecule has 2 heterocycles. The van der Waals surface area contributed by atoms with Gasteiger partial charge in [0.05, 0.1) is 12.6 Å². The molecule has 0 aliphatic rings. The van der Waals surface area contributed by atoms with Crippen LogP contribution in [0.5, 0.6) is 5.75 Å². The number of hydrogen-bond acceptors (Lipinski definition) is 7. The summed E-state index contributed by atoms with van der Waals surface area (Å²) in [6.45, 7) is 0. The number of para-hydroxylation sites is 1. The molecule has 146 valence electrons. The molecule has 0 atom stereocenters. The van der Waals surface area contributed by atoms with Gasteiger partial charge in [-0.1, -0.05) is 12.1 Å². The highest BCUT2D eigenvalue weighted by atomic mass is 32.2. The predicted molar refractivity (Wildman–Crippen MR) is 110 cm³/mol. The quantitative estimate of drug-likeness (QED) is 0.521. The van der Waals surface area contributed by atoms with E-state index in [1.807, 2.05) is 36.4 Å². The zero-order valence-electron chi connectivity index (χ0n) is 15.4. The van der Waals surface area contributed by atoms with Crippen LogP contribution in [0.4, 0.5) is 11.5 Å². The number of hydrogen-bond donors (Lipinski definition) is 2. The summed E-state index contributed by atoms with van der Waals surface area (Å²) in [5.41, 5.74) is 2.00. The Labute approximate surface area is 167 Å². The number of primary sulfonamides is 1. The van der Waals surface area contributed by atoms with Gasteiger partial charge in [-0.05, 0) is 42.5 Å². The van der Waals surface area contributed by atoms with Gasteiger partial charge < -0.3 is 10.1 Å². The van der Waals surface area contributed by atoms with Crippen molar-refractivity contribution in [3.8, 4) is 17.1 Å². The number of pyridine rings is 1. The highest BCUT2D eigenvalue weighted by molar-refractivity contribution is 7.89. The lowest BCUT2D eigenvalue weighted by atomic mass is 10.2. The summed E-state index contributed by atoms with van der Waals surface area (Å²) in [5, 5.41) is 9.28. The lowest BCUT2D eigenvalue weighted by Gasteiger charge is -2.13. The summed E-state index contributed by atoms with van der Waals surface area (Å²) in [4.78, 5) is 13.2. The van der Waals surface area contributed by atoms with Crippen LogP contribution >= 0.6 is 0 Å². The minimum atomic E-state index is -3.96. The Hall–Kier alpha value is -3.56. The fraction of sp³-hybridized carbons (Fsp3) is 0.0500. The molecule has 3 N–H and O–H groups in total. The molecule has 0 radical (unpaired) electrons. The Balaban J connectivity index is 1.84. The average molecular weight is 407 g/mol. The third kappa shape index (κ3) is 3.86. The van der Waals surface area contributed by atoms with Gasteiger partial charge in [0.2, 0.25) is 10.0 Å². The minimum absolute atomic E-state index is 0.115. The van der Waals surface area contributed by atoms with Crippen LogP contribution in [0.15, 0.2) is 71.9 Å². The van der Waals surface area contributed by atoms with Crippen LogP contribution in [0.2, 0.25) is 0 Å². The van der Waals surface area contributed by atoms with Crippen molar-refractivity contribution in [2.75, 3.05) is 12.4 Å². The van der Waals surface area contributed by atoms with Gasteiger partial charge >= 0.3 is 0 Å². The summed E-state index contributed by atoms with van der Waals surface area (Å²) in [5.74, 6) is 1.20. The number of fused-ring (bicyclic) bond motifs is 1. The van der Waals surface area contributed by atoms with Gasteiger partial charge in [-0.2, -0.15) is 0 Å². The van der Waals surface area contributed by atoms with Gasteiger partial charge in [-0.3, -0.25) is 4.98 Å². The molecule has 0 saturated heterocycles. The fourth-order valence-electron chi connectivity index (χ4n) is 2.91. The second-order valence-electron chi connectivity index (χ2n) is 6.19. The fourth-order valence-corrected chi connectivity index (χ4v) is 3.63. The topological polar surface area (TPSA) is 120 Å². The predicted octanol–water partition coefficient (Wildman–Crippen LogP) is 3.09. The number of ether oxygens (including phenoxy) is 1. The first-order valence-corrected chi connectivity index (χ1v) is 10.2. The minimum Gasteiger partial charge on any atom is -0.495 e. The van der Waals surface area contributed by atoms with Crippen molar-refractivity contribution in [2.24, 2.45) is 5.14 Å². The van der Waals surface area contributed by atoms with E-state index in [1.54, 1.807) is 18.5 Å². The van der Waals surface area contributed by atoms with Crippen molar-refractivity contribution in [3.63, 3.8) is 0 Å². The molecule has 29 heavy (non-hydrogen) atoms. The van der Waals surface area contributed by atoms with Crippen LogP contribution in [-0.2, 0) is 10.0 Å². The van der Waals surface area contributed by atoms with Crippen LogP contribution in [0.25, 0.3) is 22.3 Å². The Morgan fingerprint density at radius 1 is 1.03 bits per heavy atom. The van der Waals surface area contributed by atoms with E-state index in [1.165, 1.54) is 19.2 Å². The van der Waals surface area contributed by atoms with E-state index in [0.717, 1.165) is 16.5 Å². The molecule has 0 fully saturated rings. The van der Waals surface area contributed by atoms with Crippen molar-refractivity contribution in [2.45, 2.75) is 4.90 Å². The maximum atomic E-state index is 11.9. The van der Waals surface area contributed by atoms with E-state index in [0.29, 0.717) is 17.3 Å². The van der Waals surface area contributed by atoms with Crippen molar-refractivity contribution in [3.05, 3.63) is 67.0 Å². The molecular formula is C20H17N5O3S. The van der Waals surface area contributed by atoms with E-state index in [9.17, 15) is 8.42 Å². The maximum Gasteiger partial charge on any atom is 0.241 e. The number of sulfonamides is 1. The summed E-state index contributed by atoms with van der Waals surface area (Å²) in [7, 11) is -2.58. The van der Waals surface area contributed by atoms with Crippen molar-refractivity contribution < 1.29 is 13.2 Å². The van der Waals surface area contributed by atoms with Crippen LogP contribution in [-0.4, -0.2) is 30.5 Å². The number of nitrogens with two attached hydrogens (primary N) is 1. The first kappa shape index (κ1) is 18.8. The zero-order valence-corrected chi connectivity index (χ0v) is 16.2. The molecule has 4 aromatic rings. The van der Waals surface area contributed by atoms with Gasteiger partial charge in [-0.15, -0.1) is 0 Å². The van der Waals surface area contributed by atoms with E-state index in [-0.39, 0.29) is 10.6 Å². The van der Waals surface area contributed by atoms with Crippen LogP contribution in [0.1, 0.15) is 0 Å². The lowest BCUT2D eigenvalue weighted by Crippen LogP contribution is -2.13. The molecule has 0 aliphatic heterocycles. The second-order valence-corrected chi connectivity index (χ2v) is 7.72. The Morgan fingerprint density at radius 2 is 1.86 bits per heavy atom. The highest BCUT2D eigenvalue weighted by Crippen LogP contribution is 2.30. The van der Waals surface area contributed by atoms with Crippen LogP contribution in [0, 0.1) is 0 Å². The van der Waals surface area contributed by atoms with Gasteiger partial charge in [0.15, 0.2) is 5.82 Å². The molecule has 8 nitrogen and oxygen atoms in total. The van der Waals surface area contributed by atoms with E-state index in [2.05, 4.69) is 20.3 Å². The van der Waals surface area contributed by atoms with E-state index < -0.39 is 10.0 Å². The molecular weight excluding hydrogens is 390 g/mol. The van der Waals surface area contributed by atoms with Crippen LogP contribution in [0.3, 0.4) is 0 Å². The number of nitrogens with zero attached hydrogens (tertiary/aromatic N) is 3. The zero-order chi connectivity index (χ0) is 20.4. The largest absolute Gasteiger partial charge is 0.495 e. The molecule has 0 spiro atoms. The molecule has 2 aromatic carbocycles. The van der Waals surface area contributed by atoms with Crippen LogP contribution < -0.4 is 15.2 Å². The van der Waals surface area contributed by atoms with Gasteiger partial charge in [-0.25, -0.2) is 23.5 Å².